The molecule has 5 heteroatoms. The fourth-order valence-electron chi connectivity index (χ4n) is 2.49. The second-order valence-electron chi connectivity index (χ2n) is 5.10. The molecule has 1 heterocycles. The summed E-state index contributed by atoms with van der Waals surface area (Å²) in [4.78, 5) is 4.53. The minimum atomic E-state index is -0.311. The molecule has 0 saturated carbocycles. The molecule has 0 spiro atoms. The van der Waals surface area contributed by atoms with E-state index in [9.17, 15) is 4.39 Å². The topological polar surface area (TPSA) is 46.9 Å². The second-order valence-corrected chi connectivity index (χ2v) is 5.10. The average Bonchev–Trinajstić information content (AvgIpc) is 2.49. The first-order valence-corrected chi connectivity index (χ1v) is 7.16. The van der Waals surface area contributed by atoms with Crippen LogP contribution in [0.3, 0.4) is 0 Å². The van der Waals surface area contributed by atoms with E-state index in [2.05, 4.69) is 21.6 Å². The Morgan fingerprint density at radius 2 is 1.81 bits per heavy atom. The second kappa shape index (κ2) is 8.11. The van der Waals surface area contributed by atoms with Crippen LogP contribution in [-0.2, 0) is 6.54 Å². The highest BCUT2D eigenvalue weighted by Crippen LogP contribution is 2.14. The van der Waals surface area contributed by atoms with Gasteiger partial charge in [0.15, 0.2) is 0 Å². The number of nitrogens with zero attached hydrogens (tertiary/aromatic N) is 2. The third-order valence-electron chi connectivity index (χ3n) is 3.65. The zero-order valence-corrected chi connectivity index (χ0v) is 12.1. The quantitative estimate of drug-likeness (QED) is 0.783. The van der Waals surface area contributed by atoms with E-state index in [1.54, 1.807) is 6.07 Å². The van der Waals surface area contributed by atoms with Crippen molar-refractivity contribution in [2.75, 3.05) is 45.9 Å². The van der Waals surface area contributed by atoms with Crippen LogP contribution >= 0.6 is 0 Å². The summed E-state index contributed by atoms with van der Waals surface area (Å²) in [6, 6.07) is 4.62. The van der Waals surface area contributed by atoms with Crippen LogP contribution in [0.1, 0.15) is 11.1 Å². The zero-order chi connectivity index (χ0) is 15.1. The number of β-amino-alcohol motifs (C(OH)–C–C–N with tert-alkyl or cyclic N) is 1. The summed E-state index contributed by atoms with van der Waals surface area (Å²) in [7, 11) is 0. The standard InChI is InChI=1S/C16H21FN2O2/c17-16-4-3-15(14(12-16)2-1-10-20)13-19-7-5-18(6-8-19)9-11-21/h3-4,12,20-21H,5-11,13H2. The van der Waals surface area contributed by atoms with Crippen molar-refractivity contribution >= 4 is 0 Å². The molecule has 1 aromatic carbocycles. The van der Waals surface area contributed by atoms with Gasteiger partial charge in [0.1, 0.15) is 12.4 Å². The first-order chi connectivity index (χ1) is 10.2. The normalized spacial score (nSPS) is 16.5. The molecule has 1 aromatic rings. The predicted molar refractivity (Wildman–Crippen MR) is 79.2 cm³/mol. The average molecular weight is 292 g/mol. The summed E-state index contributed by atoms with van der Waals surface area (Å²) in [5, 5.41) is 17.7. The molecule has 1 aliphatic rings. The van der Waals surface area contributed by atoms with Gasteiger partial charge in [-0.1, -0.05) is 17.9 Å². The van der Waals surface area contributed by atoms with Gasteiger partial charge in [0.2, 0.25) is 0 Å². The number of hydrogen-bond acceptors (Lipinski definition) is 4. The number of piperazine rings is 1. The minimum absolute atomic E-state index is 0.193. The maximum absolute atomic E-state index is 13.3. The fraction of sp³-hybridized carbons (Fsp3) is 0.500. The smallest absolute Gasteiger partial charge is 0.124 e. The van der Waals surface area contributed by atoms with Gasteiger partial charge in [-0.05, 0) is 17.7 Å². The molecule has 0 aliphatic carbocycles. The number of benzene rings is 1. The van der Waals surface area contributed by atoms with Crippen LogP contribution < -0.4 is 0 Å². The molecule has 0 amide bonds. The van der Waals surface area contributed by atoms with Crippen molar-refractivity contribution in [1.82, 2.24) is 9.80 Å². The van der Waals surface area contributed by atoms with E-state index in [4.69, 9.17) is 10.2 Å². The van der Waals surface area contributed by atoms with Gasteiger partial charge in [0, 0.05) is 44.8 Å². The van der Waals surface area contributed by atoms with E-state index >= 15 is 0 Å². The number of hydrogen-bond donors (Lipinski definition) is 2. The number of aliphatic hydroxyl groups excluding tert-OH is 2. The van der Waals surface area contributed by atoms with E-state index in [-0.39, 0.29) is 19.0 Å². The molecule has 4 nitrogen and oxygen atoms in total. The van der Waals surface area contributed by atoms with E-state index in [0.29, 0.717) is 5.56 Å². The first-order valence-electron chi connectivity index (χ1n) is 7.16. The van der Waals surface area contributed by atoms with E-state index in [1.165, 1.54) is 12.1 Å². The van der Waals surface area contributed by atoms with Gasteiger partial charge in [-0.25, -0.2) is 4.39 Å². The molecule has 21 heavy (non-hydrogen) atoms. The Balaban J connectivity index is 2.00. The van der Waals surface area contributed by atoms with Crippen molar-refractivity contribution in [3.63, 3.8) is 0 Å². The molecule has 0 radical (unpaired) electrons. The Morgan fingerprint density at radius 1 is 1.10 bits per heavy atom. The lowest BCUT2D eigenvalue weighted by atomic mass is 10.1. The lowest BCUT2D eigenvalue weighted by Gasteiger charge is -2.34. The van der Waals surface area contributed by atoms with Gasteiger partial charge in [-0.2, -0.15) is 0 Å². The van der Waals surface area contributed by atoms with Crippen LogP contribution in [0.5, 0.6) is 0 Å². The van der Waals surface area contributed by atoms with Crippen molar-refractivity contribution in [2.24, 2.45) is 0 Å². The van der Waals surface area contributed by atoms with Crippen molar-refractivity contribution in [3.8, 4) is 11.8 Å². The minimum Gasteiger partial charge on any atom is -0.395 e. The molecule has 2 rings (SSSR count). The van der Waals surface area contributed by atoms with Gasteiger partial charge in [-0.3, -0.25) is 9.80 Å². The number of aliphatic hydroxyl groups is 2. The van der Waals surface area contributed by atoms with E-state index < -0.39 is 0 Å². The Hall–Kier alpha value is -1.45. The molecular weight excluding hydrogens is 271 g/mol. The van der Waals surface area contributed by atoms with Crippen molar-refractivity contribution in [2.45, 2.75) is 6.54 Å². The Bertz CT molecular complexity index is 517. The van der Waals surface area contributed by atoms with Gasteiger partial charge in [0.05, 0.1) is 6.61 Å². The predicted octanol–water partition coefficient (Wildman–Crippen LogP) is 0.279. The van der Waals surface area contributed by atoms with Crippen molar-refractivity contribution < 1.29 is 14.6 Å². The summed E-state index contributed by atoms with van der Waals surface area (Å²) in [6.07, 6.45) is 0. The Morgan fingerprint density at radius 3 is 2.48 bits per heavy atom. The van der Waals surface area contributed by atoms with Crippen LogP contribution in [0.15, 0.2) is 18.2 Å². The monoisotopic (exact) mass is 292 g/mol. The Kier molecular flexibility index (Phi) is 6.15. The summed E-state index contributed by atoms with van der Waals surface area (Å²) < 4.78 is 13.3. The lowest BCUT2D eigenvalue weighted by Crippen LogP contribution is -2.46. The summed E-state index contributed by atoms with van der Waals surface area (Å²) in [6.45, 7) is 5.11. The molecule has 114 valence electrons. The summed E-state index contributed by atoms with van der Waals surface area (Å²) in [5.41, 5.74) is 1.62. The molecule has 0 unspecified atom stereocenters. The van der Waals surface area contributed by atoms with Crippen LogP contribution in [0, 0.1) is 17.7 Å². The molecule has 1 saturated heterocycles. The fourth-order valence-corrected chi connectivity index (χ4v) is 2.49. The highest BCUT2D eigenvalue weighted by Gasteiger charge is 2.17. The summed E-state index contributed by atoms with van der Waals surface area (Å²) >= 11 is 0. The zero-order valence-electron chi connectivity index (χ0n) is 12.1. The van der Waals surface area contributed by atoms with Gasteiger partial charge < -0.3 is 10.2 Å². The molecule has 1 fully saturated rings. The van der Waals surface area contributed by atoms with Gasteiger partial charge in [-0.15, -0.1) is 0 Å². The van der Waals surface area contributed by atoms with Crippen molar-refractivity contribution in [1.29, 1.82) is 0 Å². The van der Waals surface area contributed by atoms with E-state index in [1.807, 2.05) is 0 Å². The third kappa shape index (κ3) is 4.80. The van der Waals surface area contributed by atoms with Crippen molar-refractivity contribution in [3.05, 3.63) is 35.1 Å². The van der Waals surface area contributed by atoms with Crippen LogP contribution in [0.25, 0.3) is 0 Å². The summed E-state index contributed by atoms with van der Waals surface area (Å²) in [5.74, 6) is 5.08. The third-order valence-corrected chi connectivity index (χ3v) is 3.65. The Labute approximate surface area is 124 Å². The molecular formula is C16H21FN2O2. The molecule has 0 aromatic heterocycles. The maximum Gasteiger partial charge on any atom is 0.124 e. The number of halogens is 1. The molecule has 1 aliphatic heterocycles. The van der Waals surface area contributed by atoms with Crippen LogP contribution in [0.4, 0.5) is 4.39 Å². The molecule has 2 N–H and O–H groups in total. The van der Waals surface area contributed by atoms with Gasteiger partial charge >= 0.3 is 0 Å². The van der Waals surface area contributed by atoms with Crippen LogP contribution in [-0.4, -0.2) is 66.0 Å². The van der Waals surface area contributed by atoms with Gasteiger partial charge in [0.25, 0.3) is 0 Å². The first kappa shape index (κ1) is 15.9. The highest BCUT2D eigenvalue weighted by molar-refractivity contribution is 5.41. The molecule has 0 bridgehead atoms. The highest BCUT2D eigenvalue weighted by atomic mass is 19.1. The largest absolute Gasteiger partial charge is 0.395 e. The number of rotatable bonds is 4. The maximum atomic E-state index is 13.3. The molecule has 0 atom stereocenters. The lowest BCUT2D eigenvalue weighted by molar-refractivity contribution is 0.108. The van der Waals surface area contributed by atoms with E-state index in [0.717, 1.165) is 44.8 Å². The SMILES string of the molecule is OCC#Cc1cc(F)ccc1CN1CCN(CCO)CC1. The van der Waals surface area contributed by atoms with Crippen LogP contribution in [0.2, 0.25) is 0 Å².